The van der Waals surface area contributed by atoms with Crippen molar-refractivity contribution >= 4 is 55.1 Å². The van der Waals surface area contributed by atoms with Gasteiger partial charge in [0, 0.05) is 19.6 Å². The Balaban J connectivity index is 1.92. The summed E-state index contributed by atoms with van der Waals surface area (Å²) in [6.07, 6.45) is 1.97. The molecular weight excluding hydrogens is 424 g/mol. The van der Waals surface area contributed by atoms with Crippen LogP contribution in [0.5, 0.6) is 0 Å². The molecule has 5 nitrogen and oxygen atoms in total. The number of carbonyl (C=O) groups is 2. The van der Waals surface area contributed by atoms with Crippen molar-refractivity contribution in [3.05, 3.63) is 19.2 Å². The summed E-state index contributed by atoms with van der Waals surface area (Å²) in [4.78, 5) is 24.9. The lowest BCUT2D eigenvalue weighted by atomic mass is 9.97. The molecule has 1 amide bonds. The molecule has 21 heavy (non-hydrogen) atoms. The van der Waals surface area contributed by atoms with Crippen molar-refractivity contribution in [2.45, 2.75) is 12.8 Å². The number of hydrogen-bond donors (Lipinski definition) is 2. The fourth-order valence-electron chi connectivity index (χ4n) is 2.46. The van der Waals surface area contributed by atoms with Gasteiger partial charge in [0.05, 0.1) is 19.7 Å². The largest absolute Gasteiger partial charge is 0.480 e. The van der Waals surface area contributed by atoms with Crippen molar-refractivity contribution in [3.63, 3.8) is 0 Å². The van der Waals surface area contributed by atoms with Crippen LogP contribution in [0.25, 0.3) is 0 Å². The van der Waals surface area contributed by atoms with E-state index in [0.29, 0.717) is 24.6 Å². The van der Waals surface area contributed by atoms with E-state index in [9.17, 15) is 9.59 Å². The van der Waals surface area contributed by atoms with Gasteiger partial charge >= 0.3 is 5.97 Å². The van der Waals surface area contributed by atoms with Gasteiger partial charge in [0.2, 0.25) is 0 Å². The molecule has 1 saturated heterocycles. The zero-order valence-electron chi connectivity index (χ0n) is 11.3. The Morgan fingerprint density at radius 3 is 2.86 bits per heavy atom. The van der Waals surface area contributed by atoms with Crippen LogP contribution in [0.3, 0.4) is 0 Å². The van der Waals surface area contributed by atoms with E-state index in [1.165, 1.54) is 11.3 Å². The third-order valence-electron chi connectivity index (χ3n) is 3.40. The minimum Gasteiger partial charge on any atom is -0.480 e. The number of piperidine rings is 1. The first-order valence-corrected chi connectivity index (χ1v) is 9.04. The monoisotopic (exact) mass is 438 g/mol. The molecule has 8 heteroatoms. The number of carbonyl (C=O) groups excluding carboxylic acids is 1. The molecule has 1 unspecified atom stereocenters. The van der Waals surface area contributed by atoms with Crippen LogP contribution in [0.4, 0.5) is 0 Å². The van der Waals surface area contributed by atoms with Gasteiger partial charge in [-0.1, -0.05) is 0 Å². The molecule has 2 rings (SSSR count). The predicted molar refractivity (Wildman–Crippen MR) is 88.9 cm³/mol. The average Bonchev–Trinajstić information content (AvgIpc) is 2.77. The normalized spacial score (nSPS) is 18.8. The zero-order chi connectivity index (χ0) is 15.4. The SMILES string of the molecule is O=C(O)CNCC1CCCN(C(=O)c2cc(Br)sc2Br)C1. The molecule has 0 aromatic carbocycles. The number of thiophene rings is 1. The smallest absolute Gasteiger partial charge is 0.317 e. The van der Waals surface area contributed by atoms with Crippen LogP contribution in [-0.4, -0.2) is 48.1 Å². The van der Waals surface area contributed by atoms with Crippen molar-refractivity contribution in [2.75, 3.05) is 26.2 Å². The Kier molecular flexibility index (Phi) is 6.21. The number of carboxylic acid groups (broad SMARTS) is 1. The molecule has 0 bridgehead atoms. The summed E-state index contributed by atoms with van der Waals surface area (Å²) in [7, 11) is 0. The number of nitrogens with one attached hydrogen (secondary N) is 1. The fourth-order valence-corrected chi connectivity index (χ4v) is 5.23. The van der Waals surface area contributed by atoms with E-state index in [1.54, 1.807) is 0 Å². The molecule has 1 fully saturated rings. The Bertz CT molecular complexity index is 535. The molecule has 0 aliphatic carbocycles. The van der Waals surface area contributed by atoms with Gasteiger partial charge in [-0.25, -0.2) is 0 Å². The van der Waals surface area contributed by atoms with Crippen LogP contribution < -0.4 is 5.32 Å². The van der Waals surface area contributed by atoms with Crippen molar-refractivity contribution in [1.29, 1.82) is 0 Å². The number of carboxylic acids is 1. The summed E-state index contributed by atoms with van der Waals surface area (Å²) < 4.78 is 1.76. The van der Waals surface area contributed by atoms with E-state index in [4.69, 9.17) is 5.11 Å². The molecule has 1 aliphatic heterocycles. The summed E-state index contributed by atoms with van der Waals surface area (Å²) in [5.41, 5.74) is 0.686. The molecule has 1 aromatic rings. The molecule has 2 heterocycles. The lowest BCUT2D eigenvalue weighted by Gasteiger charge is -2.32. The first-order chi connectivity index (χ1) is 9.97. The predicted octanol–water partition coefficient (Wildman–Crippen LogP) is 2.80. The highest BCUT2D eigenvalue weighted by molar-refractivity contribution is 9.12. The molecule has 1 aromatic heterocycles. The second kappa shape index (κ2) is 7.71. The van der Waals surface area contributed by atoms with Crippen molar-refractivity contribution in [2.24, 2.45) is 5.92 Å². The van der Waals surface area contributed by atoms with E-state index < -0.39 is 5.97 Å². The summed E-state index contributed by atoms with van der Waals surface area (Å²) >= 11 is 8.30. The highest BCUT2D eigenvalue weighted by Gasteiger charge is 2.26. The van der Waals surface area contributed by atoms with Gasteiger partial charge in [-0.05, 0) is 56.7 Å². The quantitative estimate of drug-likeness (QED) is 0.739. The number of likely N-dealkylation sites (tertiary alicyclic amines) is 1. The molecule has 1 atom stereocenters. The topological polar surface area (TPSA) is 69.6 Å². The number of halogens is 2. The zero-order valence-corrected chi connectivity index (χ0v) is 15.3. The maximum absolute atomic E-state index is 12.5. The highest BCUT2D eigenvalue weighted by Crippen LogP contribution is 2.33. The Labute approximate surface area is 144 Å². The first kappa shape index (κ1) is 16.9. The second-order valence-electron chi connectivity index (χ2n) is 5.02. The lowest BCUT2D eigenvalue weighted by Crippen LogP contribution is -2.43. The van der Waals surface area contributed by atoms with Crippen LogP contribution in [-0.2, 0) is 4.79 Å². The van der Waals surface area contributed by atoms with Gasteiger partial charge in [-0.3, -0.25) is 9.59 Å². The number of aliphatic carboxylic acids is 1. The van der Waals surface area contributed by atoms with Gasteiger partial charge in [0.15, 0.2) is 0 Å². The van der Waals surface area contributed by atoms with Gasteiger partial charge in [-0.2, -0.15) is 0 Å². The second-order valence-corrected chi connectivity index (χ2v) is 8.77. The maximum atomic E-state index is 12.5. The molecule has 116 valence electrons. The summed E-state index contributed by atoms with van der Waals surface area (Å²) in [6.45, 7) is 2.03. The number of hydrogen-bond acceptors (Lipinski definition) is 4. The van der Waals surface area contributed by atoms with E-state index in [-0.39, 0.29) is 12.5 Å². The molecule has 2 N–H and O–H groups in total. The van der Waals surface area contributed by atoms with Gasteiger partial charge < -0.3 is 15.3 Å². The maximum Gasteiger partial charge on any atom is 0.317 e. The number of nitrogens with zero attached hydrogens (tertiary/aromatic N) is 1. The Morgan fingerprint density at radius 1 is 1.48 bits per heavy atom. The third kappa shape index (κ3) is 4.77. The van der Waals surface area contributed by atoms with Crippen LogP contribution in [0.1, 0.15) is 23.2 Å². The Hall–Kier alpha value is -0.440. The summed E-state index contributed by atoms with van der Waals surface area (Å²) in [6, 6.07) is 1.84. The van der Waals surface area contributed by atoms with Gasteiger partial charge in [0.25, 0.3) is 5.91 Å². The number of rotatable bonds is 5. The average molecular weight is 440 g/mol. The minimum absolute atomic E-state index is 0.0340. The van der Waals surface area contributed by atoms with Gasteiger partial charge in [-0.15, -0.1) is 11.3 Å². The van der Waals surface area contributed by atoms with E-state index in [1.807, 2.05) is 11.0 Å². The van der Waals surface area contributed by atoms with Crippen LogP contribution in [0, 0.1) is 5.92 Å². The number of amides is 1. The third-order valence-corrected chi connectivity index (χ3v) is 5.74. The van der Waals surface area contributed by atoms with Crippen molar-refractivity contribution < 1.29 is 14.7 Å². The van der Waals surface area contributed by atoms with E-state index in [2.05, 4.69) is 37.2 Å². The Morgan fingerprint density at radius 2 is 2.24 bits per heavy atom. The standard InChI is InChI=1S/C13H16Br2N2O3S/c14-10-4-9(12(15)21-10)13(20)17-3-1-2-8(7-17)5-16-6-11(18)19/h4,8,16H,1-3,5-7H2,(H,18,19). The molecule has 0 saturated carbocycles. The van der Waals surface area contributed by atoms with E-state index >= 15 is 0 Å². The lowest BCUT2D eigenvalue weighted by molar-refractivity contribution is -0.136. The highest BCUT2D eigenvalue weighted by atomic mass is 79.9. The van der Waals surface area contributed by atoms with Crippen LogP contribution in [0.15, 0.2) is 13.6 Å². The minimum atomic E-state index is -0.856. The summed E-state index contributed by atoms with van der Waals surface area (Å²) in [5.74, 6) is -0.513. The van der Waals surface area contributed by atoms with Crippen molar-refractivity contribution in [1.82, 2.24) is 10.2 Å². The van der Waals surface area contributed by atoms with Crippen LogP contribution in [0.2, 0.25) is 0 Å². The van der Waals surface area contributed by atoms with E-state index in [0.717, 1.165) is 27.0 Å². The fraction of sp³-hybridized carbons (Fsp3) is 0.538. The molecule has 0 radical (unpaired) electrons. The van der Waals surface area contributed by atoms with Crippen molar-refractivity contribution in [3.8, 4) is 0 Å². The summed E-state index contributed by atoms with van der Waals surface area (Å²) in [5, 5.41) is 11.5. The van der Waals surface area contributed by atoms with Crippen LogP contribution >= 0.6 is 43.2 Å². The van der Waals surface area contributed by atoms with Gasteiger partial charge in [0.1, 0.15) is 0 Å². The molecular formula is C13H16Br2N2O3S. The molecule has 1 aliphatic rings. The first-order valence-electron chi connectivity index (χ1n) is 6.64. The molecule has 0 spiro atoms.